The summed E-state index contributed by atoms with van der Waals surface area (Å²) < 4.78 is 6.06. The van der Waals surface area contributed by atoms with Crippen molar-refractivity contribution in [1.82, 2.24) is 14.9 Å². The zero-order chi connectivity index (χ0) is 18.4. The lowest BCUT2D eigenvalue weighted by Crippen LogP contribution is -2.32. The van der Waals surface area contributed by atoms with Crippen LogP contribution in [0.3, 0.4) is 0 Å². The summed E-state index contributed by atoms with van der Waals surface area (Å²) in [6, 6.07) is 7.05. The molecule has 1 N–H and O–H groups in total. The van der Waals surface area contributed by atoms with E-state index in [1.165, 1.54) is 23.4 Å². The van der Waals surface area contributed by atoms with Crippen molar-refractivity contribution in [3.05, 3.63) is 34.6 Å². The van der Waals surface area contributed by atoms with E-state index in [0.717, 1.165) is 0 Å². The summed E-state index contributed by atoms with van der Waals surface area (Å²) in [5.41, 5.74) is 0.329. The fourth-order valence-corrected chi connectivity index (χ4v) is 3.09. The van der Waals surface area contributed by atoms with Crippen LogP contribution in [0.5, 0.6) is 0 Å². The SMILES string of the molecule is COC(=O)CCn1c(SCC(=O)NC(C)C)nc2ccccc2c1=O. The van der Waals surface area contributed by atoms with Crippen LogP contribution in [0.15, 0.2) is 34.2 Å². The van der Waals surface area contributed by atoms with Gasteiger partial charge in [0.1, 0.15) is 0 Å². The Morgan fingerprint density at radius 1 is 1.32 bits per heavy atom. The fraction of sp³-hybridized carbons (Fsp3) is 0.412. The van der Waals surface area contributed by atoms with Gasteiger partial charge in [-0.2, -0.15) is 0 Å². The second kappa shape index (κ2) is 8.66. The molecule has 2 aromatic rings. The molecule has 0 radical (unpaired) electrons. The van der Waals surface area contributed by atoms with Crippen LogP contribution in [0.25, 0.3) is 10.9 Å². The molecular weight excluding hydrogens is 342 g/mol. The maximum absolute atomic E-state index is 12.7. The van der Waals surface area contributed by atoms with Crippen LogP contribution in [0.2, 0.25) is 0 Å². The van der Waals surface area contributed by atoms with Crippen LogP contribution < -0.4 is 10.9 Å². The fourth-order valence-electron chi connectivity index (χ4n) is 2.25. The number of aromatic nitrogens is 2. The smallest absolute Gasteiger partial charge is 0.307 e. The minimum absolute atomic E-state index is 0.0409. The average molecular weight is 363 g/mol. The van der Waals surface area contributed by atoms with Crippen LogP contribution >= 0.6 is 11.8 Å². The minimum atomic E-state index is -0.409. The van der Waals surface area contributed by atoms with Crippen LogP contribution in [0.1, 0.15) is 20.3 Å². The highest BCUT2D eigenvalue weighted by molar-refractivity contribution is 7.99. The molecule has 0 fully saturated rings. The first kappa shape index (κ1) is 19.0. The average Bonchev–Trinajstić information content (AvgIpc) is 2.58. The molecule has 1 aromatic heterocycles. The predicted molar refractivity (Wildman–Crippen MR) is 96.6 cm³/mol. The Kier molecular flexibility index (Phi) is 6.58. The van der Waals surface area contributed by atoms with E-state index in [1.807, 2.05) is 13.8 Å². The lowest BCUT2D eigenvalue weighted by Gasteiger charge is -2.13. The van der Waals surface area contributed by atoms with E-state index >= 15 is 0 Å². The predicted octanol–water partition coefficient (Wildman–Crippen LogP) is 1.58. The van der Waals surface area contributed by atoms with Gasteiger partial charge in [-0.15, -0.1) is 0 Å². The van der Waals surface area contributed by atoms with Crippen molar-refractivity contribution < 1.29 is 14.3 Å². The number of para-hydroxylation sites is 1. The van der Waals surface area contributed by atoms with Crippen LogP contribution in [-0.2, 0) is 20.9 Å². The summed E-state index contributed by atoms with van der Waals surface area (Å²) in [5.74, 6) is -0.406. The number of nitrogens with zero attached hydrogens (tertiary/aromatic N) is 2. The van der Waals surface area contributed by atoms with Gasteiger partial charge < -0.3 is 10.1 Å². The number of fused-ring (bicyclic) bond motifs is 1. The molecule has 0 aliphatic heterocycles. The Morgan fingerprint density at radius 2 is 2.04 bits per heavy atom. The molecule has 0 saturated heterocycles. The Hall–Kier alpha value is -2.35. The lowest BCUT2D eigenvalue weighted by atomic mass is 10.2. The first-order valence-corrected chi connectivity index (χ1v) is 8.89. The Bertz CT molecular complexity index is 832. The van der Waals surface area contributed by atoms with E-state index < -0.39 is 5.97 Å². The van der Waals surface area contributed by atoms with E-state index in [2.05, 4.69) is 15.0 Å². The van der Waals surface area contributed by atoms with Crippen LogP contribution in [0.4, 0.5) is 0 Å². The molecular formula is C17H21N3O4S. The van der Waals surface area contributed by atoms with Crippen molar-refractivity contribution in [2.45, 2.75) is 38.0 Å². The molecule has 0 aliphatic rings. The number of ether oxygens (including phenoxy) is 1. The molecule has 0 unspecified atom stereocenters. The van der Waals surface area contributed by atoms with Crippen molar-refractivity contribution in [1.29, 1.82) is 0 Å². The van der Waals surface area contributed by atoms with Crippen molar-refractivity contribution >= 4 is 34.5 Å². The number of hydrogen-bond acceptors (Lipinski definition) is 6. The van der Waals surface area contributed by atoms with Gasteiger partial charge in [-0.05, 0) is 26.0 Å². The first-order chi connectivity index (χ1) is 11.9. The number of thioether (sulfide) groups is 1. The van der Waals surface area contributed by atoms with E-state index in [1.54, 1.807) is 24.3 Å². The first-order valence-electron chi connectivity index (χ1n) is 7.91. The third-order valence-electron chi connectivity index (χ3n) is 3.38. The van der Waals surface area contributed by atoms with Crippen molar-refractivity contribution in [2.24, 2.45) is 0 Å². The molecule has 0 spiro atoms. The van der Waals surface area contributed by atoms with Crippen molar-refractivity contribution in [3.8, 4) is 0 Å². The maximum atomic E-state index is 12.7. The second-order valence-corrected chi connectivity index (χ2v) is 6.65. The Labute approximate surface area is 149 Å². The number of hydrogen-bond donors (Lipinski definition) is 1. The molecule has 2 rings (SSSR count). The number of carbonyl (C=O) groups excluding carboxylic acids is 2. The number of esters is 1. The zero-order valence-electron chi connectivity index (χ0n) is 14.4. The maximum Gasteiger partial charge on any atom is 0.307 e. The molecule has 134 valence electrons. The topological polar surface area (TPSA) is 90.3 Å². The van der Waals surface area contributed by atoms with E-state index in [4.69, 9.17) is 0 Å². The highest BCUT2D eigenvalue weighted by Gasteiger charge is 2.14. The summed E-state index contributed by atoms with van der Waals surface area (Å²) in [6.07, 6.45) is 0.0577. The minimum Gasteiger partial charge on any atom is -0.469 e. The van der Waals surface area contributed by atoms with Gasteiger partial charge in [-0.3, -0.25) is 19.0 Å². The molecule has 0 bridgehead atoms. The highest BCUT2D eigenvalue weighted by atomic mass is 32.2. The van der Waals surface area contributed by atoms with Gasteiger partial charge in [0, 0.05) is 12.6 Å². The van der Waals surface area contributed by atoms with Gasteiger partial charge in [0.05, 0.1) is 30.2 Å². The second-order valence-electron chi connectivity index (χ2n) is 5.71. The number of methoxy groups -OCH3 is 1. The molecule has 8 heteroatoms. The summed E-state index contributed by atoms with van der Waals surface area (Å²) in [4.78, 5) is 40.5. The molecule has 1 heterocycles. The van der Waals surface area contributed by atoms with Gasteiger partial charge in [0.15, 0.2) is 5.16 Å². The molecule has 0 saturated carbocycles. The van der Waals surface area contributed by atoms with Gasteiger partial charge in [0.25, 0.3) is 5.56 Å². The third-order valence-corrected chi connectivity index (χ3v) is 4.35. The Balaban J connectivity index is 2.33. The van der Waals surface area contributed by atoms with Gasteiger partial charge >= 0.3 is 5.97 Å². The van der Waals surface area contributed by atoms with E-state index in [-0.39, 0.29) is 36.2 Å². The quantitative estimate of drug-likeness (QED) is 0.456. The number of carbonyl (C=O) groups is 2. The monoisotopic (exact) mass is 363 g/mol. The molecule has 0 aliphatic carbocycles. The molecule has 7 nitrogen and oxygen atoms in total. The highest BCUT2D eigenvalue weighted by Crippen LogP contribution is 2.18. The molecule has 1 amide bonds. The van der Waals surface area contributed by atoms with Crippen molar-refractivity contribution in [3.63, 3.8) is 0 Å². The third kappa shape index (κ3) is 5.06. The van der Waals surface area contributed by atoms with Crippen molar-refractivity contribution in [2.75, 3.05) is 12.9 Å². The number of amides is 1. The summed E-state index contributed by atoms with van der Waals surface area (Å²) >= 11 is 1.17. The van der Waals surface area contributed by atoms with Gasteiger partial charge in [0.2, 0.25) is 5.91 Å². The molecule has 0 atom stereocenters. The summed E-state index contributed by atoms with van der Waals surface area (Å²) in [5, 5.41) is 3.68. The van der Waals surface area contributed by atoms with Gasteiger partial charge in [-0.25, -0.2) is 4.98 Å². The van der Waals surface area contributed by atoms with Gasteiger partial charge in [-0.1, -0.05) is 23.9 Å². The number of nitrogens with one attached hydrogen (secondary N) is 1. The Morgan fingerprint density at radius 3 is 2.72 bits per heavy atom. The van der Waals surface area contributed by atoms with E-state index in [0.29, 0.717) is 16.1 Å². The largest absolute Gasteiger partial charge is 0.469 e. The molecule has 25 heavy (non-hydrogen) atoms. The summed E-state index contributed by atoms with van der Waals surface area (Å²) in [7, 11) is 1.30. The number of benzene rings is 1. The zero-order valence-corrected chi connectivity index (χ0v) is 15.3. The lowest BCUT2D eigenvalue weighted by molar-refractivity contribution is -0.140. The summed E-state index contributed by atoms with van der Waals surface area (Å²) in [6.45, 7) is 3.91. The van der Waals surface area contributed by atoms with Crippen LogP contribution in [0, 0.1) is 0 Å². The standard InChI is InChI=1S/C17H21N3O4S/c1-11(2)18-14(21)10-25-17-19-13-7-5-4-6-12(13)16(23)20(17)9-8-15(22)24-3/h4-7,11H,8-10H2,1-3H3,(H,18,21). The molecule has 1 aromatic carbocycles. The van der Waals surface area contributed by atoms with Crippen LogP contribution in [-0.4, -0.2) is 40.3 Å². The van der Waals surface area contributed by atoms with E-state index in [9.17, 15) is 14.4 Å². The number of rotatable bonds is 7. The normalized spacial score (nSPS) is 10.9.